The van der Waals surface area contributed by atoms with Gasteiger partial charge in [-0.1, -0.05) is 25.5 Å². The second-order valence-corrected chi connectivity index (χ2v) is 29.9. The summed E-state index contributed by atoms with van der Waals surface area (Å²) in [7, 11) is 9.58. The minimum Gasteiger partial charge on any atom is -0.493 e. The molecule has 10 fully saturated rings. The first-order valence-corrected chi connectivity index (χ1v) is 35.4. The number of ether oxygens (including phenoxy) is 21. The molecule has 5 aliphatic carbocycles. The molecule has 0 amide bonds. The molecule has 0 radical (unpaired) electrons. The van der Waals surface area contributed by atoms with Crippen LogP contribution in [-0.2, 0) is 104 Å². The Morgan fingerprint density at radius 2 is 1.17 bits per heavy atom. The predicted octanol–water partition coefficient (Wildman–Crippen LogP) is 6.58. The van der Waals surface area contributed by atoms with E-state index >= 15 is 0 Å². The van der Waals surface area contributed by atoms with Crippen LogP contribution < -0.4 is 0 Å². The summed E-state index contributed by atoms with van der Waals surface area (Å²) in [6.07, 6.45) is -1.69. The van der Waals surface area contributed by atoms with Crippen LogP contribution in [0.25, 0.3) is 0 Å². The first kappa shape index (κ1) is 72.8. The van der Waals surface area contributed by atoms with Crippen molar-refractivity contribution in [2.45, 2.75) is 336 Å². The Morgan fingerprint density at radius 3 is 1.79 bits per heavy atom. The average molecular weight is 1350 g/mol. The van der Waals surface area contributed by atoms with E-state index < -0.39 is 165 Å². The molecule has 95 heavy (non-hydrogen) atoms. The summed E-state index contributed by atoms with van der Waals surface area (Å²) < 4.78 is 132. The second kappa shape index (κ2) is 29.8. The van der Waals surface area contributed by atoms with E-state index in [4.69, 9.17) is 99.5 Å². The number of rotatable bonds is 19. The number of ketones is 1. The highest BCUT2D eigenvalue weighted by atomic mass is 16.9. The van der Waals surface area contributed by atoms with E-state index in [1.807, 2.05) is 41.5 Å². The molecule has 0 aromatic heterocycles. The molecule has 3 saturated carbocycles. The summed E-state index contributed by atoms with van der Waals surface area (Å²) in [4.78, 5) is 13.3. The maximum atomic E-state index is 13.3. The summed E-state index contributed by atoms with van der Waals surface area (Å²) in [5.74, 6) is -0.0910. The molecule has 25 nitrogen and oxygen atoms in total. The van der Waals surface area contributed by atoms with Crippen molar-refractivity contribution in [2.24, 2.45) is 28.6 Å². The smallest absolute Gasteiger partial charge is 0.288 e. The van der Waals surface area contributed by atoms with Gasteiger partial charge in [-0.05, 0) is 129 Å². The first-order valence-electron chi connectivity index (χ1n) is 35.4. The molecule has 34 atom stereocenters. The molecule has 25 heteroatoms. The largest absolute Gasteiger partial charge is 0.493 e. The van der Waals surface area contributed by atoms with Crippen LogP contribution in [0.15, 0.2) is 23.5 Å². The number of carbonyl (C=O) groups is 1. The predicted molar refractivity (Wildman–Crippen MR) is 334 cm³/mol. The molecule has 1 spiro atoms. The fourth-order valence-electron chi connectivity index (χ4n) is 19.2. The van der Waals surface area contributed by atoms with Crippen molar-refractivity contribution in [3.8, 4) is 0 Å². The van der Waals surface area contributed by atoms with E-state index in [0.717, 1.165) is 44.9 Å². The molecule has 3 N–H and O–H groups in total. The van der Waals surface area contributed by atoms with Gasteiger partial charge in [0.15, 0.2) is 44.0 Å². The molecule has 0 aromatic rings. The lowest BCUT2D eigenvalue weighted by Crippen LogP contribution is -2.62. The normalized spacial score (nSPS) is 51.5. The van der Waals surface area contributed by atoms with E-state index in [1.165, 1.54) is 12.7 Å². The van der Waals surface area contributed by atoms with Crippen LogP contribution in [0.3, 0.4) is 0 Å². The summed E-state index contributed by atoms with van der Waals surface area (Å²) in [6.45, 7) is 17.9. The summed E-state index contributed by atoms with van der Waals surface area (Å²) in [5, 5.41) is 35.1. The quantitative estimate of drug-likeness (QED) is 0.115. The molecular weight excluding hydrogens is 1240 g/mol. The Morgan fingerprint density at radius 1 is 0.589 bits per heavy atom. The fourth-order valence-corrected chi connectivity index (χ4v) is 19.2. The van der Waals surface area contributed by atoms with Crippen LogP contribution in [0.2, 0.25) is 0 Å². The number of allylic oxidation sites excluding steroid dienone is 1. The van der Waals surface area contributed by atoms with Gasteiger partial charge >= 0.3 is 0 Å². The number of hydrogen-bond donors (Lipinski definition) is 3. The fraction of sp³-hybridized carbons (Fsp3) is 0.929. The van der Waals surface area contributed by atoms with Crippen LogP contribution in [0.1, 0.15) is 159 Å². The SMILES string of the molecule is COC1=CC(OC)CC(O[C@H]2CC[C@@]3(C)C(=CC[C@@H]4[C@@H]3CC[C@@]3(C)[C@H]4CC[C@]3(O)[C@H](C)O[C@H]3C[C@H]4OCO[C@]5(C[C@@H](OC)[C@H](O[C@H]6C[C@H](OC)[C@H](O[C@H]7C[C@@H](O)[C@H](O[C@H]8C[C@H](OC)[C@H](O[C@H]9C[C@@H](OC)[C@H](O)[C@@H](C)O9)[C@@H](C)O8)[C@@H](C)O7)[C@@H](C)O6)[C@@H](C)O5)O[C@@H]4[C@@H](C)O3)C2)C1=O. The van der Waals surface area contributed by atoms with Crippen molar-refractivity contribution >= 4 is 5.78 Å². The van der Waals surface area contributed by atoms with Crippen molar-refractivity contribution in [1.29, 1.82) is 0 Å². The van der Waals surface area contributed by atoms with Gasteiger partial charge in [0.1, 0.15) is 42.7 Å². The van der Waals surface area contributed by atoms with Crippen LogP contribution in [-0.4, -0.2) is 248 Å². The number of carbonyl (C=O) groups excluding carboxylic acids is 1. The zero-order valence-electron chi connectivity index (χ0n) is 58.6. The third-order valence-corrected chi connectivity index (χ3v) is 24.6. The molecule has 0 bridgehead atoms. The van der Waals surface area contributed by atoms with Crippen LogP contribution in [0.4, 0.5) is 0 Å². The highest BCUT2D eigenvalue weighted by molar-refractivity contribution is 5.98. The van der Waals surface area contributed by atoms with E-state index in [1.54, 1.807) is 48.5 Å². The number of fused-ring (bicyclic) bond motifs is 6. The van der Waals surface area contributed by atoms with Crippen LogP contribution in [0, 0.1) is 28.6 Å². The second-order valence-electron chi connectivity index (χ2n) is 29.9. The van der Waals surface area contributed by atoms with Crippen molar-refractivity contribution < 1.29 is 120 Å². The number of methoxy groups -OCH3 is 6. The Kier molecular flexibility index (Phi) is 22.8. The van der Waals surface area contributed by atoms with Gasteiger partial charge in [-0.15, -0.1) is 0 Å². The summed E-state index contributed by atoms with van der Waals surface area (Å²) >= 11 is 0. The Hall–Kier alpha value is -1.97. The molecule has 7 heterocycles. The third-order valence-electron chi connectivity index (χ3n) is 24.6. The van der Waals surface area contributed by atoms with Gasteiger partial charge in [0.05, 0.1) is 111 Å². The van der Waals surface area contributed by atoms with Gasteiger partial charge in [0, 0.05) is 79.5 Å². The average Bonchev–Trinajstić information content (AvgIpc) is 1.62. The molecular formula is C70H112O25. The first-order chi connectivity index (χ1) is 45.4. The molecule has 7 aliphatic heterocycles. The van der Waals surface area contributed by atoms with Gasteiger partial charge in [0.2, 0.25) is 5.78 Å². The van der Waals surface area contributed by atoms with Crippen molar-refractivity contribution in [3.63, 3.8) is 0 Å². The van der Waals surface area contributed by atoms with Crippen LogP contribution in [0.5, 0.6) is 0 Å². The maximum Gasteiger partial charge on any atom is 0.288 e. The van der Waals surface area contributed by atoms with E-state index in [0.29, 0.717) is 62.0 Å². The van der Waals surface area contributed by atoms with E-state index in [9.17, 15) is 20.1 Å². The lowest BCUT2D eigenvalue weighted by atomic mass is 9.46. The molecule has 542 valence electrons. The number of Topliss-reactive ketones (excluding diaryl/α,β-unsaturated/α-hetero) is 1. The highest BCUT2D eigenvalue weighted by Gasteiger charge is 2.66. The van der Waals surface area contributed by atoms with Gasteiger partial charge in [-0.25, -0.2) is 0 Å². The zero-order chi connectivity index (χ0) is 67.6. The Balaban J connectivity index is 0.603. The van der Waals surface area contributed by atoms with E-state index in [2.05, 4.69) is 19.9 Å². The van der Waals surface area contributed by atoms with Gasteiger partial charge in [-0.3, -0.25) is 4.79 Å². The van der Waals surface area contributed by atoms with Crippen molar-refractivity contribution in [3.05, 3.63) is 23.5 Å². The van der Waals surface area contributed by atoms with E-state index in [-0.39, 0.29) is 48.5 Å². The van der Waals surface area contributed by atoms with Crippen LogP contribution >= 0.6 is 0 Å². The molecule has 0 aromatic carbocycles. The Labute approximate surface area is 560 Å². The molecule has 12 rings (SSSR count). The standard InChI is InChI=1S/C70H112O25/c1-34-60(72)49(77-12)28-57(83-34)92-64-37(4)85-58(29-51(64)78-13)90-62-35(2)84-55(27-47(62)71)91-63-36(3)86-59(30-52(63)79-14)93-65-39(6)94-70(32-54(65)80-15)82-33-81-53-31-56(87-38(5)66(53)95-70)88-40(7)69(74)23-20-46-44-17-16-41-24-42(18-21-67(41,8)45(44)19-22-68(46,69)9)89-50-26-43(75-10)25-48(76-11)61(50)73/h16,25,34-40,42-47,49-60,62-66,71-72,74H,17-24,26-33H2,1-15H3/t34-,35-,36-,37-,38-,39-,40+,42+,43?,44-,45+,46+,47-,49-,50?,51+,52+,53-,54-,55+,56+,57+,58+,59+,60-,62-,63-,64-,65-,66-,67+,68+,69+,70+/m1/s1. The van der Waals surface area contributed by atoms with Gasteiger partial charge in [0.25, 0.3) is 5.97 Å². The lowest BCUT2D eigenvalue weighted by Gasteiger charge is -2.59. The minimum absolute atomic E-state index is 0.0330. The molecule has 12 aliphatic rings. The Bertz CT molecular complexity index is 2620. The lowest BCUT2D eigenvalue weighted by molar-refractivity contribution is -0.447. The summed E-state index contributed by atoms with van der Waals surface area (Å²) in [6, 6.07) is 0. The third kappa shape index (κ3) is 14.3. The number of aliphatic hydroxyl groups excluding tert-OH is 2. The number of aliphatic hydroxyl groups is 3. The maximum absolute atomic E-state index is 13.3. The topological polar surface area (TPSA) is 272 Å². The van der Waals surface area contributed by atoms with Gasteiger partial charge in [-0.2, -0.15) is 0 Å². The zero-order valence-corrected chi connectivity index (χ0v) is 58.6. The molecule has 7 saturated heterocycles. The highest BCUT2D eigenvalue weighted by Crippen LogP contribution is 2.68. The minimum atomic E-state index is -1.55. The van der Waals surface area contributed by atoms with Gasteiger partial charge < -0.3 is 115 Å². The van der Waals surface area contributed by atoms with Crippen molar-refractivity contribution in [1.82, 2.24) is 0 Å². The number of hydrogen-bond acceptors (Lipinski definition) is 25. The summed E-state index contributed by atoms with van der Waals surface area (Å²) in [5.41, 5.74) is 0.0496. The van der Waals surface area contributed by atoms with Crippen molar-refractivity contribution in [2.75, 3.05) is 49.5 Å². The molecule has 2 unspecified atom stereocenters. The monoisotopic (exact) mass is 1350 g/mol.